The molecular formula is C4H10Al. The summed E-state index contributed by atoms with van der Waals surface area (Å²) in [5, 5.41) is 0. The lowest BCUT2D eigenvalue weighted by atomic mass is 10.4. The highest BCUT2D eigenvalue weighted by molar-refractivity contribution is 5.75. The van der Waals surface area contributed by atoms with Gasteiger partial charge >= 0.3 is 0 Å². The van der Waals surface area contributed by atoms with Crippen molar-refractivity contribution in [3.05, 3.63) is 0 Å². The van der Waals surface area contributed by atoms with Crippen molar-refractivity contribution in [2.75, 3.05) is 0 Å². The predicted octanol–water partition coefficient (Wildman–Crippen LogP) is 1.43. The maximum absolute atomic E-state index is 2.18. The van der Waals surface area contributed by atoms with Crippen LogP contribution in [-0.2, 0) is 0 Å². The molecule has 0 rings (SSSR count). The highest BCUT2D eigenvalue weighted by Gasteiger charge is 1.56. The molecule has 0 nitrogen and oxygen atoms in total. The minimum absolute atomic E-state index is 0. The molecule has 0 aromatic heterocycles. The van der Waals surface area contributed by atoms with E-state index in [0.29, 0.717) is 0 Å². The summed E-state index contributed by atoms with van der Waals surface area (Å²) in [5.41, 5.74) is 0. The zero-order valence-corrected chi connectivity index (χ0v) is 5.15. The summed E-state index contributed by atoms with van der Waals surface area (Å²) >= 11 is 0. The Labute approximate surface area is 44.7 Å². The van der Waals surface area contributed by atoms with Gasteiger partial charge in [0.15, 0.2) is 0 Å². The van der Waals surface area contributed by atoms with E-state index >= 15 is 0 Å². The summed E-state index contributed by atoms with van der Waals surface area (Å²) in [6.07, 6.45) is 2.64. The van der Waals surface area contributed by atoms with Crippen molar-refractivity contribution < 1.29 is 0 Å². The van der Waals surface area contributed by atoms with Gasteiger partial charge in [-0.1, -0.05) is 26.7 Å². The maximum atomic E-state index is 2.18. The molecule has 0 atom stereocenters. The molecule has 3 radical (unpaired) electrons. The highest BCUT2D eigenvalue weighted by Crippen LogP contribution is 1.76. The van der Waals surface area contributed by atoms with Crippen LogP contribution in [0.2, 0.25) is 0 Å². The molecular weight excluding hydrogens is 75.0 g/mol. The third-order valence-electron chi connectivity index (χ3n) is 0.500. The summed E-state index contributed by atoms with van der Waals surface area (Å²) in [6.45, 7) is 4.36. The molecule has 0 unspecified atom stereocenters. The van der Waals surface area contributed by atoms with Gasteiger partial charge in [-0.3, -0.25) is 0 Å². The standard InChI is InChI=1S/C4H10.Al/c1-3-4-2;/h3-4H2,1-2H3;. The molecule has 0 spiro atoms. The fourth-order valence-corrected chi connectivity index (χ4v) is 0. The summed E-state index contributed by atoms with van der Waals surface area (Å²) < 4.78 is 0. The van der Waals surface area contributed by atoms with E-state index in [9.17, 15) is 0 Å². The van der Waals surface area contributed by atoms with E-state index in [-0.39, 0.29) is 17.4 Å². The second kappa shape index (κ2) is 8.82. The van der Waals surface area contributed by atoms with E-state index in [0.717, 1.165) is 0 Å². The van der Waals surface area contributed by atoms with Gasteiger partial charge < -0.3 is 0 Å². The first-order valence-corrected chi connectivity index (χ1v) is 1.91. The van der Waals surface area contributed by atoms with E-state index in [1.54, 1.807) is 0 Å². The van der Waals surface area contributed by atoms with E-state index in [1.165, 1.54) is 12.8 Å². The van der Waals surface area contributed by atoms with Crippen LogP contribution >= 0.6 is 0 Å². The van der Waals surface area contributed by atoms with Crippen LogP contribution in [0.4, 0.5) is 0 Å². The molecule has 0 aliphatic rings. The summed E-state index contributed by atoms with van der Waals surface area (Å²) in [4.78, 5) is 0. The van der Waals surface area contributed by atoms with Gasteiger partial charge in [0, 0.05) is 17.4 Å². The molecule has 0 bridgehead atoms. The average Bonchev–Trinajstić information content (AvgIpc) is 1.37. The fraction of sp³-hybridized carbons (Fsp3) is 1.00. The normalized spacial score (nSPS) is 6.00. The Morgan fingerprint density at radius 3 is 1.20 bits per heavy atom. The van der Waals surface area contributed by atoms with Crippen LogP contribution in [0.15, 0.2) is 0 Å². The lowest BCUT2D eigenvalue weighted by Gasteiger charge is -1.68. The molecule has 0 aromatic carbocycles. The summed E-state index contributed by atoms with van der Waals surface area (Å²) in [5.74, 6) is 0. The monoisotopic (exact) mass is 85.1 g/mol. The van der Waals surface area contributed by atoms with Crippen molar-refractivity contribution in [3.8, 4) is 0 Å². The molecule has 0 heterocycles. The second-order valence-corrected chi connectivity index (χ2v) is 1.000. The number of hydrogen-bond donors (Lipinski definition) is 0. The van der Waals surface area contributed by atoms with Crippen molar-refractivity contribution in [1.82, 2.24) is 0 Å². The van der Waals surface area contributed by atoms with Crippen LogP contribution in [0.5, 0.6) is 0 Å². The fourth-order valence-electron chi connectivity index (χ4n) is 0. The quantitative estimate of drug-likeness (QED) is 0.422. The number of rotatable bonds is 1. The van der Waals surface area contributed by atoms with Crippen LogP contribution in [-0.4, -0.2) is 17.4 Å². The molecule has 1 heteroatoms. The topological polar surface area (TPSA) is 0 Å². The smallest absolute Gasteiger partial charge is 0 e. The maximum Gasteiger partial charge on any atom is 0 e. The summed E-state index contributed by atoms with van der Waals surface area (Å²) in [6, 6.07) is 0. The largest absolute Gasteiger partial charge is 0.0654 e. The van der Waals surface area contributed by atoms with Crippen molar-refractivity contribution >= 4 is 17.4 Å². The molecule has 0 aromatic rings. The first-order chi connectivity index (χ1) is 1.91. The van der Waals surface area contributed by atoms with Crippen LogP contribution in [0.1, 0.15) is 26.7 Å². The van der Waals surface area contributed by atoms with Gasteiger partial charge in [0.1, 0.15) is 0 Å². The second-order valence-electron chi connectivity index (χ2n) is 1.000. The molecule has 0 aliphatic carbocycles. The van der Waals surface area contributed by atoms with Crippen LogP contribution in [0.25, 0.3) is 0 Å². The molecule has 0 N–H and O–H groups in total. The SMILES string of the molecule is CCCC.[Al]. The molecule has 0 saturated heterocycles. The van der Waals surface area contributed by atoms with Gasteiger partial charge in [-0.15, -0.1) is 0 Å². The summed E-state index contributed by atoms with van der Waals surface area (Å²) in [7, 11) is 0. The lowest BCUT2D eigenvalue weighted by Crippen LogP contribution is -1.47. The van der Waals surface area contributed by atoms with Crippen LogP contribution in [0.3, 0.4) is 0 Å². The molecule has 0 amide bonds. The van der Waals surface area contributed by atoms with E-state index < -0.39 is 0 Å². The van der Waals surface area contributed by atoms with Crippen molar-refractivity contribution in [2.24, 2.45) is 0 Å². The zero-order chi connectivity index (χ0) is 3.41. The number of unbranched alkanes of at least 4 members (excludes halogenated alkanes) is 1. The molecule has 5 heavy (non-hydrogen) atoms. The van der Waals surface area contributed by atoms with Crippen LogP contribution < -0.4 is 0 Å². The Balaban J connectivity index is 0. The van der Waals surface area contributed by atoms with Crippen molar-refractivity contribution in [1.29, 1.82) is 0 Å². The number of hydrogen-bond acceptors (Lipinski definition) is 0. The Bertz CT molecular complexity index is 5.61. The van der Waals surface area contributed by atoms with Gasteiger partial charge in [0.25, 0.3) is 0 Å². The van der Waals surface area contributed by atoms with Gasteiger partial charge in [-0.05, 0) is 0 Å². The highest BCUT2D eigenvalue weighted by atomic mass is 27.0. The molecule has 29 valence electrons. The van der Waals surface area contributed by atoms with Gasteiger partial charge in [0.2, 0.25) is 0 Å². The minimum atomic E-state index is 0. The Morgan fingerprint density at radius 2 is 1.20 bits per heavy atom. The van der Waals surface area contributed by atoms with Gasteiger partial charge in [0.05, 0.1) is 0 Å². The van der Waals surface area contributed by atoms with E-state index in [1.807, 2.05) is 0 Å². The van der Waals surface area contributed by atoms with Gasteiger partial charge in [-0.25, -0.2) is 0 Å². The Kier molecular flexibility index (Phi) is 16.1. The Hall–Kier alpha value is 0.532. The first-order valence-electron chi connectivity index (χ1n) is 1.91. The van der Waals surface area contributed by atoms with E-state index in [2.05, 4.69) is 13.8 Å². The van der Waals surface area contributed by atoms with Crippen LogP contribution in [0, 0.1) is 0 Å². The average molecular weight is 85.1 g/mol. The van der Waals surface area contributed by atoms with Gasteiger partial charge in [-0.2, -0.15) is 0 Å². The third-order valence-corrected chi connectivity index (χ3v) is 0.500. The van der Waals surface area contributed by atoms with Crippen molar-refractivity contribution in [2.45, 2.75) is 26.7 Å². The zero-order valence-electron chi connectivity index (χ0n) is 3.99. The first kappa shape index (κ1) is 9.11. The third kappa shape index (κ3) is 12.4. The molecule has 0 aliphatic heterocycles. The van der Waals surface area contributed by atoms with Crippen molar-refractivity contribution in [3.63, 3.8) is 0 Å². The predicted molar refractivity (Wildman–Crippen MR) is 26.3 cm³/mol. The molecule has 0 fully saturated rings. The van der Waals surface area contributed by atoms with E-state index in [4.69, 9.17) is 0 Å². The minimum Gasteiger partial charge on any atom is -0.0654 e. The Morgan fingerprint density at radius 1 is 1.00 bits per heavy atom. The lowest BCUT2D eigenvalue weighted by molar-refractivity contribution is 0.886. The molecule has 0 saturated carbocycles.